The molecule has 19 heavy (non-hydrogen) atoms. The number of aromatic nitrogens is 2. The van der Waals surface area contributed by atoms with Crippen molar-refractivity contribution in [2.24, 2.45) is 0 Å². The van der Waals surface area contributed by atoms with E-state index in [4.69, 9.17) is 9.84 Å². The lowest BCUT2D eigenvalue weighted by Gasteiger charge is -2.14. The lowest BCUT2D eigenvalue weighted by molar-refractivity contribution is -0.140. The van der Waals surface area contributed by atoms with Gasteiger partial charge in [-0.1, -0.05) is 20.8 Å². The standard InChI is InChI=1S/C12H19N3O4/c1-12(2,3)9-5-7(14-15-9)10(16)13-8(6-19-4)11(17)18/h5,8H,6H2,1-4H3,(H,13,16)(H,14,15)(H,17,18). The van der Waals surface area contributed by atoms with Gasteiger partial charge in [-0.15, -0.1) is 0 Å². The summed E-state index contributed by atoms with van der Waals surface area (Å²) in [5.74, 6) is -1.70. The number of ether oxygens (including phenoxy) is 1. The maximum Gasteiger partial charge on any atom is 0.328 e. The van der Waals surface area contributed by atoms with Crippen molar-refractivity contribution in [3.05, 3.63) is 17.5 Å². The van der Waals surface area contributed by atoms with Gasteiger partial charge in [0.05, 0.1) is 6.61 Å². The monoisotopic (exact) mass is 269 g/mol. The van der Waals surface area contributed by atoms with E-state index in [0.29, 0.717) is 0 Å². The van der Waals surface area contributed by atoms with E-state index in [9.17, 15) is 9.59 Å². The Morgan fingerprint density at radius 2 is 2.16 bits per heavy atom. The first-order chi connectivity index (χ1) is 8.75. The van der Waals surface area contributed by atoms with E-state index in [-0.39, 0.29) is 17.7 Å². The van der Waals surface area contributed by atoms with E-state index in [1.807, 2.05) is 20.8 Å². The lowest BCUT2D eigenvalue weighted by Crippen LogP contribution is -2.43. The van der Waals surface area contributed by atoms with Crippen molar-refractivity contribution < 1.29 is 19.4 Å². The first-order valence-corrected chi connectivity index (χ1v) is 5.84. The van der Waals surface area contributed by atoms with Gasteiger partial charge in [0.2, 0.25) is 0 Å². The Morgan fingerprint density at radius 1 is 1.53 bits per heavy atom. The van der Waals surface area contributed by atoms with Gasteiger partial charge >= 0.3 is 5.97 Å². The largest absolute Gasteiger partial charge is 0.480 e. The number of hydrogen-bond donors (Lipinski definition) is 3. The van der Waals surface area contributed by atoms with E-state index < -0.39 is 17.9 Å². The molecule has 0 saturated heterocycles. The van der Waals surface area contributed by atoms with Crippen molar-refractivity contribution in [2.45, 2.75) is 32.2 Å². The molecule has 1 amide bonds. The number of aromatic amines is 1. The number of nitrogens with one attached hydrogen (secondary N) is 2. The molecule has 7 heteroatoms. The van der Waals surface area contributed by atoms with Crippen LogP contribution in [0.4, 0.5) is 0 Å². The zero-order valence-electron chi connectivity index (χ0n) is 11.5. The van der Waals surface area contributed by atoms with Crippen molar-refractivity contribution in [3.8, 4) is 0 Å². The predicted octanol–water partition coefficient (Wildman–Crippen LogP) is 0.537. The Morgan fingerprint density at radius 3 is 2.58 bits per heavy atom. The maximum absolute atomic E-state index is 11.9. The van der Waals surface area contributed by atoms with E-state index in [0.717, 1.165) is 5.69 Å². The van der Waals surface area contributed by atoms with Crippen LogP contribution in [0.25, 0.3) is 0 Å². The van der Waals surface area contributed by atoms with Crippen LogP contribution in [-0.2, 0) is 14.9 Å². The van der Waals surface area contributed by atoms with Crippen LogP contribution >= 0.6 is 0 Å². The number of hydrogen-bond acceptors (Lipinski definition) is 4. The highest BCUT2D eigenvalue weighted by atomic mass is 16.5. The maximum atomic E-state index is 11.9. The van der Waals surface area contributed by atoms with Crippen LogP contribution in [0, 0.1) is 0 Å². The predicted molar refractivity (Wildman–Crippen MR) is 68.1 cm³/mol. The smallest absolute Gasteiger partial charge is 0.328 e. The molecule has 1 atom stereocenters. The summed E-state index contributed by atoms with van der Waals surface area (Å²) in [6.07, 6.45) is 0. The first-order valence-electron chi connectivity index (χ1n) is 5.84. The number of carbonyl (C=O) groups is 2. The molecule has 0 aliphatic heterocycles. The molecule has 0 aromatic carbocycles. The molecule has 3 N–H and O–H groups in total. The summed E-state index contributed by atoms with van der Waals surface area (Å²) >= 11 is 0. The van der Waals surface area contributed by atoms with Gasteiger partial charge in [-0.2, -0.15) is 5.10 Å². The summed E-state index contributed by atoms with van der Waals surface area (Å²) in [7, 11) is 1.37. The summed E-state index contributed by atoms with van der Waals surface area (Å²) in [4.78, 5) is 22.8. The molecule has 1 aromatic heterocycles. The molecule has 0 bridgehead atoms. The van der Waals surface area contributed by atoms with Crippen LogP contribution in [0.5, 0.6) is 0 Å². The number of carboxylic acid groups (broad SMARTS) is 1. The molecule has 1 heterocycles. The molecular weight excluding hydrogens is 250 g/mol. The van der Waals surface area contributed by atoms with Crippen molar-refractivity contribution in [1.29, 1.82) is 0 Å². The highest BCUT2D eigenvalue weighted by Crippen LogP contribution is 2.20. The molecule has 106 valence electrons. The van der Waals surface area contributed by atoms with Crippen LogP contribution in [0.3, 0.4) is 0 Å². The number of carbonyl (C=O) groups excluding carboxylic acids is 1. The van der Waals surface area contributed by atoms with Crippen molar-refractivity contribution in [1.82, 2.24) is 15.5 Å². The highest BCUT2D eigenvalue weighted by molar-refractivity contribution is 5.95. The van der Waals surface area contributed by atoms with Crippen molar-refractivity contribution >= 4 is 11.9 Å². The number of carboxylic acids is 1. The quantitative estimate of drug-likeness (QED) is 0.723. The second-order valence-electron chi connectivity index (χ2n) is 5.24. The normalized spacial score (nSPS) is 13.1. The van der Waals surface area contributed by atoms with Crippen molar-refractivity contribution in [3.63, 3.8) is 0 Å². The zero-order chi connectivity index (χ0) is 14.6. The third-order valence-corrected chi connectivity index (χ3v) is 2.56. The van der Waals surface area contributed by atoms with Gasteiger partial charge in [0, 0.05) is 18.2 Å². The van der Waals surface area contributed by atoms with Gasteiger partial charge in [-0.05, 0) is 6.07 Å². The van der Waals surface area contributed by atoms with Crippen LogP contribution in [0.2, 0.25) is 0 Å². The zero-order valence-corrected chi connectivity index (χ0v) is 11.5. The second-order valence-corrected chi connectivity index (χ2v) is 5.24. The van der Waals surface area contributed by atoms with E-state index >= 15 is 0 Å². The second kappa shape index (κ2) is 5.83. The average Bonchev–Trinajstić information content (AvgIpc) is 2.76. The van der Waals surface area contributed by atoms with Crippen LogP contribution in [0.15, 0.2) is 6.07 Å². The molecule has 1 rings (SSSR count). The molecule has 0 spiro atoms. The van der Waals surface area contributed by atoms with Crippen LogP contribution in [0.1, 0.15) is 37.0 Å². The van der Waals surface area contributed by atoms with E-state index in [1.165, 1.54) is 7.11 Å². The van der Waals surface area contributed by atoms with Crippen LogP contribution < -0.4 is 5.32 Å². The Balaban J connectivity index is 2.78. The molecule has 0 radical (unpaired) electrons. The minimum atomic E-state index is -1.15. The fraction of sp³-hybridized carbons (Fsp3) is 0.583. The van der Waals surface area contributed by atoms with Gasteiger partial charge in [-0.3, -0.25) is 9.89 Å². The Kier molecular flexibility index (Phi) is 4.66. The minimum Gasteiger partial charge on any atom is -0.480 e. The fourth-order valence-corrected chi connectivity index (χ4v) is 1.40. The fourth-order valence-electron chi connectivity index (χ4n) is 1.40. The third kappa shape index (κ3) is 4.06. The van der Waals surface area contributed by atoms with Gasteiger partial charge in [0.1, 0.15) is 5.69 Å². The number of nitrogens with zero attached hydrogens (tertiary/aromatic N) is 1. The van der Waals surface area contributed by atoms with Gasteiger partial charge < -0.3 is 15.2 Å². The minimum absolute atomic E-state index is 0.0996. The first kappa shape index (κ1) is 15.2. The summed E-state index contributed by atoms with van der Waals surface area (Å²) in [5, 5.41) is 17.9. The topological polar surface area (TPSA) is 104 Å². The number of aliphatic carboxylic acids is 1. The number of H-pyrrole nitrogens is 1. The molecule has 0 saturated carbocycles. The van der Waals surface area contributed by atoms with Crippen molar-refractivity contribution in [2.75, 3.05) is 13.7 Å². The molecule has 0 aliphatic rings. The Bertz CT molecular complexity index is 462. The summed E-state index contributed by atoms with van der Waals surface area (Å²) in [6, 6.07) is 0.522. The van der Waals surface area contributed by atoms with Gasteiger partial charge in [0.15, 0.2) is 6.04 Å². The number of amides is 1. The molecular formula is C12H19N3O4. The lowest BCUT2D eigenvalue weighted by atomic mass is 9.92. The molecule has 7 nitrogen and oxygen atoms in total. The number of rotatable bonds is 5. The van der Waals surface area contributed by atoms with E-state index in [1.54, 1.807) is 6.07 Å². The molecule has 0 aliphatic carbocycles. The Hall–Kier alpha value is -1.89. The summed E-state index contributed by atoms with van der Waals surface area (Å²) in [6.45, 7) is 5.84. The third-order valence-electron chi connectivity index (χ3n) is 2.56. The van der Waals surface area contributed by atoms with Gasteiger partial charge in [-0.25, -0.2) is 4.79 Å². The molecule has 0 fully saturated rings. The Labute approximate surface area is 111 Å². The van der Waals surface area contributed by atoms with E-state index in [2.05, 4.69) is 15.5 Å². The molecule has 1 unspecified atom stereocenters. The molecule has 1 aromatic rings. The van der Waals surface area contributed by atoms with Gasteiger partial charge in [0.25, 0.3) is 5.91 Å². The number of methoxy groups -OCH3 is 1. The summed E-state index contributed by atoms with van der Waals surface area (Å²) in [5.41, 5.74) is 0.799. The SMILES string of the molecule is COCC(NC(=O)c1cc(C(C)(C)C)[nH]n1)C(=O)O. The van der Waals surface area contributed by atoms with Crippen LogP contribution in [-0.4, -0.2) is 46.9 Å². The highest BCUT2D eigenvalue weighted by Gasteiger charge is 2.23. The summed E-state index contributed by atoms with van der Waals surface area (Å²) < 4.78 is 4.74. The average molecular weight is 269 g/mol.